The van der Waals surface area contributed by atoms with Gasteiger partial charge in [0.15, 0.2) is 0 Å². The van der Waals surface area contributed by atoms with E-state index < -0.39 is 5.97 Å². The first-order valence-corrected chi connectivity index (χ1v) is 11.3. The van der Waals surface area contributed by atoms with Crippen molar-refractivity contribution in [2.24, 2.45) is 0 Å². The summed E-state index contributed by atoms with van der Waals surface area (Å²) in [6.07, 6.45) is 0.614. The Bertz CT molecular complexity index is 893. The molecule has 178 valence electrons. The van der Waals surface area contributed by atoms with Gasteiger partial charge in [0, 0.05) is 13.0 Å². The van der Waals surface area contributed by atoms with Crippen LogP contribution in [0.15, 0.2) is 36.4 Å². The Morgan fingerprint density at radius 1 is 0.909 bits per heavy atom. The number of hydrogen-bond acceptors (Lipinski definition) is 8. The lowest BCUT2D eigenvalue weighted by Crippen LogP contribution is -2.27. The van der Waals surface area contributed by atoms with Crippen LogP contribution in [0.5, 0.6) is 5.75 Å². The number of hydrogen-bond donors (Lipinski definition) is 2. The second kappa shape index (κ2) is 15.8. The lowest BCUT2D eigenvalue weighted by molar-refractivity contribution is -0.136. The highest BCUT2D eigenvalue weighted by molar-refractivity contribution is 7.14. The van der Waals surface area contributed by atoms with Crippen molar-refractivity contribution < 1.29 is 33.6 Å². The lowest BCUT2D eigenvalue weighted by Gasteiger charge is -2.09. The number of ether oxygens (including phenoxy) is 4. The second-order valence-electron chi connectivity index (χ2n) is 6.75. The Kier molecular flexibility index (Phi) is 12.6. The molecule has 2 rings (SSSR count). The summed E-state index contributed by atoms with van der Waals surface area (Å²) in [5, 5.41) is 20.2. The van der Waals surface area contributed by atoms with E-state index in [2.05, 4.69) is 5.32 Å². The highest BCUT2D eigenvalue weighted by Gasteiger charge is 2.08. The first-order chi connectivity index (χ1) is 16.1. The van der Waals surface area contributed by atoms with Gasteiger partial charge in [-0.3, -0.25) is 9.59 Å². The average Bonchev–Trinajstić information content (AvgIpc) is 3.31. The fraction of sp³-hybridized carbons (Fsp3) is 0.435. The summed E-state index contributed by atoms with van der Waals surface area (Å²) in [6, 6.07) is 12.6. The molecule has 0 spiro atoms. The quantitative estimate of drug-likeness (QED) is 0.334. The zero-order valence-electron chi connectivity index (χ0n) is 18.3. The van der Waals surface area contributed by atoms with E-state index in [-0.39, 0.29) is 12.3 Å². The first-order valence-electron chi connectivity index (χ1n) is 10.5. The molecule has 33 heavy (non-hydrogen) atoms. The van der Waals surface area contributed by atoms with Crippen LogP contribution in [0.3, 0.4) is 0 Å². The van der Waals surface area contributed by atoms with Gasteiger partial charge in [-0.25, -0.2) is 0 Å². The van der Waals surface area contributed by atoms with Crippen LogP contribution in [0.1, 0.15) is 26.5 Å². The van der Waals surface area contributed by atoms with Crippen LogP contribution >= 0.6 is 11.3 Å². The molecule has 0 saturated carbocycles. The normalized spacial score (nSPS) is 10.5. The van der Waals surface area contributed by atoms with Crippen molar-refractivity contribution in [1.29, 1.82) is 5.26 Å². The van der Waals surface area contributed by atoms with E-state index in [0.29, 0.717) is 74.7 Å². The number of carbonyl (C=O) groups is 2. The summed E-state index contributed by atoms with van der Waals surface area (Å²) < 4.78 is 21.8. The molecule has 0 aliphatic rings. The molecule has 0 aliphatic carbocycles. The molecule has 0 radical (unpaired) electrons. The molecule has 0 saturated heterocycles. The van der Waals surface area contributed by atoms with Gasteiger partial charge in [-0.1, -0.05) is 12.1 Å². The first kappa shape index (κ1) is 26.3. The summed E-state index contributed by atoms with van der Waals surface area (Å²) in [5.41, 5.74) is 0.959. The van der Waals surface area contributed by atoms with E-state index in [9.17, 15) is 9.59 Å². The van der Waals surface area contributed by atoms with Crippen molar-refractivity contribution >= 4 is 23.2 Å². The number of aliphatic carboxylic acids is 1. The fourth-order valence-electron chi connectivity index (χ4n) is 2.61. The number of nitrogens with zero attached hydrogens (tertiary/aromatic N) is 1. The molecule has 0 atom stereocenters. The Morgan fingerprint density at radius 3 is 2.15 bits per heavy atom. The van der Waals surface area contributed by atoms with Crippen LogP contribution in [-0.4, -0.2) is 69.8 Å². The van der Waals surface area contributed by atoms with Crippen molar-refractivity contribution in [3.05, 3.63) is 51.7 Å². The number of nitriles is 1. The SMILES string of the molecule is N#Cc1ccc(C(=O)NCCOCCOCCOCCOc2ccc(CCC(=O)O)cc2)s1. The van der Waals surface area contributed by atoms with Crippen molar-refractivity contribution in [2.75, 3.05) is 52.8 Å². The summed E-state index contributed by atoms with van der Waals surface area (Å²) >= 11 is 1.16. The van der Waals surface area contributed by atoms with Crippen molar-refractivity contribution in [1.82, 2.24) is 5.32 Å². The Morgan fingerprint density at radius 2 is 1.55 bits per heavy atom. The van der Waals surface area contributed by atoms with E-state index >= 15 is 0 Å². The highest BCUT2D eigenvalue weighted by atomic mass is 32.1. The number of aryl methyl sites for hydroxylation is 1. The molecule has 0 fully saturated rings. The smallest absolute Gasteiger partial charge is 0.303 e. The maximum absolute atomic E-state index is 11.9. The minimum atomic E-state index is -0.809. The summed E-state index contributed by atoms with van der Waals surface area (Å²) in [4.78, 5) is 23.5. The summed E-state index contributed by atoms with van der Waals surface area (Å²) in [7, 11) is 0. The molecule has 0 aliphatic heterocycles. The van der Waals surface area contributed by atoms with Gasteiger partial charge in [-0.2, -0.15) is 5.26 Å². The highest BCUT2D eigenvalue weighted by Crippen LogP contribution is 2.15. The predicted molar refractivity (Wildman–Crippen MR) is 122 cm³/mol. The number of amides is 1. The summed E-state index contributed by atoms with van der Waals surface area (Å²) in [6.45, 7) is 3.33. The monoisotopic (exact) mass is 476 g/mol. The minimum absolute atomic E-state index is 0.113. The Balaban J connectivity index is 1.37. The molecule has 9 nitrogen and oxygen atoms in total. The topological polar surface area (TPSA) is 127 Å². The predicted octanol–water partition coefficient (Wildman–Crippen LogP) is 2.50. The Labute approximate surface area is 196 Å². The van der Waals surface area contributed by atoms with Gasteiger partial charge in [0.25, 0.3) is 5.91 Å². The number of carbonyl (C=O) groups excluding carboxylic acids is 1. The maximum Gasteiger partial charge on any atom is 0.303 e. The molecule has 1 heterocycles. The van der Waals surface area contributed by atoms with E-state index in [1.807, 2.05) is 30.3 Å². The van der Waals surface area contributed by atoms with Gasteiger partial charge in [-0.05, 0) is 36.2 Å². The average molecular weight is 477 g/mol. The lowest BCUT2D eigenvalue weighted by atomic mass is 10.1. The Hall–Kier alpha value is -2.97. The van der Waals surface area contributed by atoms with Gasteiger partial charge < -0.3 is 29.4 Å². The number of nitrogens with one attached hydrogen (secondary N) is 1. The van der Waals surface area contributed by atoms with Crippen LogP contribution in [0.4, 0.5) is 0 Å². The van der Waals surface area contributed by atoms with Crippen LogP contribution in [-0.2, 0) is 25.4 Å². The molecule has 1 aromatic carbocycles. The van der Waals surface area contributed by atoms with Gasteiger partial charge in [0.2, 0.25) is 0 Å². The molecule has 1 amide bonds. The number of thiophene rings is 1. The third kappa shape index (κ3) is 11.5. The molecule has 0 bridgehead atoms. The van der Waals surface area contributed by atoms with Crippen molar-refractivity contribution in [3.63, 3.8) is 0 Å². The largest absolute Gasteiger partial charge is 0.491 e. The van der Waals surface area contributed by atoms with Gasteiger partial charge >= 0.3 is 5.97 Å². The third-order valence-electron chi connectivity index (χ3n) is 4.26. The molecular formula is C23H28N2O7S. The number of rotatable bonds is 17. The van der Waals surface area contributed by atoms with Crippen LogP contribution in [0, 0.1) is 11.3 Å². The van der Waals surface area contributed by atoms with Gasteiger partial charge in [0.1, 0.15) is 23.3 Å². The van der Waals surface area contributed by atoms with E-state index in [4.69, 9.17) is 29.3 Å². The number of carboxylic acids is 1. The molecule has 10 heteroatoms. The van der Waals surface area contributed by atoms with Gasteiger partial charge in [-0.15, -0.1) is 11.3 Å². The molecule has 2 aromatic rings. The summed E-state index contributed by atoms with van der Waals surface area (Å²) in [5.74, 6) is -0.309. The van der Waals surface area contributed by atoms with E-state index in [1.54, 1.807) is 12.1 Å². The second-order valence-corrected chi connectivity index (χ2v) is 7.84. The zero-order chi connectivity index (χ0) is 23.7. The fourth-order valence-corrected chi connectivity index (χ4v) is 3.33. The van der Waals surface area contributed by atoms with Gasteiger partial charge in [0.05, 0.1) is 44.5 Å². The van der Waals surface area contributed by atoms with Crippen LogP contribution < -0.4 is 10.1 Å². The molecule has 0 unspecified atom stereocenters. The maximum atomic E-state index is 11.9. The molecule has 2 N–H and O–H groups in total. The van der Waals surface area contributed by atoms with E-state index in [0.717, 1.165) is 16.9 Å². The zero-order valence-corrected chi connectivity index (χ0v) is 19.1. The van der Waals surface area contributed by atoms with Crippen molar-refractivity contribution in [2.45, 2.75) is 12.8 Å². The van der Waals surface area contributed by atoms with Crippen LogP contribution in [0.2, 0.25) is 0 Å². The standard InChI is InChI=1S/C23H28N2O7S/c24-17-20-6-7-21(33-20)23(28)25-9-10-29-11-12-30-13-14-31-15-16-32-19-4-1-18(2-5-19)3-8-22(26)27/h1-2,4-7H,3,8-16H2,(H,25,28)(H,26,27). The molecule has 1 aromatic heterocycles. The third-order valence-corrected chi connectivity index (χ3v) is 5.25. The minimum Gasteiger partial charge on any atom is -0.491 e. The number of benzene rings is 1. The molecular weight excluding hydrogens is 448 g/mol. The van der Waals surface area contributed by atoms with Crippen molar-refractivity contribution in [3.8, 4) is 11.8 Å². The van der Waals surface area contributed by atoms with E-state index in [1.165, 1.54) is 0 Å². The van der Waals surface area contributed by atoms with Crippen LogP contribution in [0.25, 0.3) is 0 Å². The number of carboxylic acid groups (broad SMARTS) is 1.